The molecule has 0 spiro atoms. The van der Waals surface area contributed by atoms with Gasteiger partial charge in [-0.1, -0.05) is 12.1 Å². The number of carbonyl (C=O) groups excluding carboxylic acids is 1. The number of sulfonamides is 1. The molecule has 2 aromatic carbocycles. The predicted molar refractivity (Wildman–Crippen MR) is 94.6 cm³/mol. The lowest BCUT2D eigenvalue weighted by Gasteiger charge is -2.09. The number of benzene rings is 2. The average molecular weight is 378 g/mol. The van der Waals surface area contributed by atoms with E-state index in [0.717, 1.165) is 18.2 Å². The number of amides is 2. The van der Waals surface area contributed by atoms with Crippen LogP contribution in [0.2, 0.25) is 0 Å². The lowest BCUT2D eigenvalue weighted by Crippen LogP contribution is -2.21. The van der Waals surface area contributed by atoms with E-state index in [9.17, 15) is 23.3 Å². The number of nitrogens with zero attached hydrogens (tertiary/aromatic N) is 1. The van der Waals surface area contributed by atoms with Gasteiger partial charge in [-0.25, -0.2) is 18.4 Å². The molecule has 2 amide bonds. The normalized spacial score (nSPS) is 10.8. The Bertz CT molecular complexity index is 1000. The third-order valence-electron chi connectivity index (χ3n) is 3.17. The number of nitro groups is 1. The molecule has 26 heavy (non-hydrogen) atoms. The van der Waals surface area contributed by atoms with Gasteiger partial charge in [-0.2, -0.15) is 0 Å². The summed E-state index contributed by atoms with van der Waals surface area (Å²) in [5.74, 6) is -0.191. The van der Waals surface area contributed by atoms with E-state index in [-0.39, 0.29) is 11.5 Å². The largest absolute Gasteiger partial charge is 0.384 e. The van der Waals surface area contributed by atoms with E-state index in [4.69, 9.17) is 16.3 Å². The zero-order valence-electron chi connectivity index (χ0n) is 13.1. The maximum Gasteiger partial charge on any atom is 0.323 e. The number of nitrogens with two attached hydrogens (primary N) is 2. The van der Waals surface area contributed by atoms with Gasteiger partial charge in [-0.05, 0) is 24.3 Å². The highest BCUT2D eigenvalue weighted by molar-refractivity contribution is 7.89. The van der Waals surface area contributed by atoms with E-state index in [1.807, 2.05) is 0 Å². The number of hydrogen-bond donors (Lipinski definition) is 5. The first-order valence-electron chi connectivity index (χ1n) is 6.91. The molecule has 0 heterocycles. The minimum Gasteiger partial charge on any atom is -0.384 e. The Kier molecular flexibility index (Phi) is 5.19. The first kappa shape index (κ1) is 18.8. The second kappa shape index (κ2) is 7.16. The third-order valence-corrected chi connectivity index (χ3v) is 4.09. The lowest BCUT2D eigenvalue weighted by molar-refractivity contribution is -0.384. The van der Waals surface area contributed by atoms with Crippen molar-refractivity contribution in [2.24, 2.45) is 10.9 Å². The van der Waals surface area contributed by atoms with Crippen LogP contribution in [0.3, 0.4) is 0 Å². The summed E-state index contributed by atoms with van der Waals surface area (Å²) in [6, 6.07) is 8.15. The van der Waals surface area contributed by atoms with E-state index in [2.05, 4.69) is 10.6 Å². The van der Waals surface area contributed by atoms with Crippen LogP contribution in [0.4, 0.5) is 21.9 Å². The van der Waals surface area contributed by atoms with Gasteiger partial charge >= 0.3 is 6.03 Å². The summed E-state index contributed by atoms with van der Waals surface area (Å²) in [7, 11) is -4.13. The van der Waals surface area contributed by atoms with Crippen molar-refractivity contribution in [1.82, 2.24) is 0 Å². The van der Waals surface area contributed by atoms with Crippen LogP contribution in [0.15, 0.2) is 47.4 Å². The van der Waals surface area contributed by atoms with Gasteiger partial charge in [0.25, 0.3) is 5.69 Å². The van der Waals surface area contributed by atoms with Crippen LogP contribution in [-0.2, 0) is 10.0 Å². The van der Waals surface area contributed by atoms with Crippen LogP contribution >= 0.6 is 0 Å². The zero-order valence-corrected chi connectivity index (χ0v) is 13.9. The quantitative estimate of drug-likeness (QED) is 0.224. The minimum absolute atomic E-state index is 0.191. The molecule has 0 bridgehead atoms. The topological polar surface area (TPSA) is 194 Å². The Balaban J connectivity index is 2.25. The maximum absolute atomic E-state index is 12.0. The molecular formula is C14H14N6O5S. The number of nitrogen functional groups attached to an aromatic ring is 1. The van der Waals surface area contributed by atoms with E-state index < -0.39 is 31.6 Å². The van der Waals surface area contributed by atoms with Crippen molar-refractivity contribution in [2.75, 3.05) is 10.6 Å². The summed E-state index contributed by atoms with van der Waals surface area (Å²) in [5.41, 5.74) is 5.19. The van der Waals surface area contributed by atoms with Crippen molar-refractivity contribution in [3.63, 3.8) is 0 Å². The molecule has 136 valence electrons. The molecule has 11 nitrogen and oxygen atoms in total. The highest BCUT2D eigenvalue weighted by Gasteiger charge is 2.20. The van der Waals surface area contributed by atoms with Gasteiger partial charge in [0.1, 0.15) is 11.5 Å². The summed E-state index contributed by atoms with van der Waals surface area (Å²) in [6.45, 7) is 0. The molecule has 0 aliphatic carbocycles. The number of nitro benzene ring substituents is 1. The molecule has 2 aromatic rings. The molecule has 12 heteroatoms. The summed E-state index contributed by atoms with van der Waals surface area (Å²) in [5, 5.41) is 28.1. The van der Waals surface area contributed by atoms with E-state index >= 15 is 0 Å². The molecule has 0 aliphatic rings. The van der Waals surface area contributed by atoms with Gasteiger partial charge in [0.2, 0.25) is 10.0 Å². The zero-order chi connectivity index (χ0) is 19.5. The first-order chi connectivity index (χ1) is 12.1. The molecule has 0 radical (unpaired) electrons. The van der Waals surface area contributed by atoms with Gasteiger partial charge in [-0.15, -0.1) is 0 Å². The molecule has 2 rings (SSSR count). The second-order valence-corrected chi connectivity index (χ2v) is 6.62. The van der Waals surface area contributed by atoms with Crippen molar-refractivity contribution in [2.45, 2.75) is 4.90 Å². The summed E-state index contributed by atoms with van der Waals surface area (Å²) in [6.07, 6.45) is 0. The predicted octanol–water partition coefficient (Wildman–Crippen LogP) is 1.17. The molecular weight excluding hydrogens is 364 g/mol. The van der Waals surface area contributed by atoms with Gasteiger partial charge in [0.05, 0.1) is 9.82 Å². The Morgan fingerprint density at radius 2 is 1.85 bits per heavy atom. The van der Waals surface area contributed by atoms with Crippen molar-refractivity contribution >= 4 is 39.0 Å². The van der Waals surface area contributed by atoms with Gasteiger partial charge in [0.15, 0.2) is 0 Å². The SMILES string of the molecule is N=C(N)c1cccc(NC(=O)Nc2ccc(S(N)(=O)=O)cc2[N+](=O)[O-])c1. The van der Waals surface area contributed by atoms with Gasteiger partial charge in [-0.3, -0.25) is 15.5 Å². The van der Waals surface area contributed by atoms with Crippen LogP contribution in [0.5, 0.6) is 0 Å². The molecule has 7 N–H and O–H groups in total. The van der Waals surface area contributed by atoms with Gasteiger partial charge in [0, 0.05) is 17.3 Å². The highest BCUT2D eigenvalue weighted by Crippen LogP contribution is 2.27. The fourth-order valence-electron chi connectivity index (χ4n) is 1.99. The molecule has 0 atom stereocenters. The fourth-order valence-corrected chi connectivity index (χ4v) is 2.53. The standard InChI is InChI=1S/C14H14N6O5S/c15-13(16)8-2-1-3-9(6-8)18-14(21)19-11-5-4-10(26(17,24)25)7-12(11)20(22)23/h1-7H,(H3,15,16)(H2,17,24,25)(H2,18,19,21). The molecule has 0 aromatic heterocycles. The van der Waals surface area contributed by atoms with Crippen LogP contribution in [0, 0.1) is 15.5 Å². The number of hydrogen-bond acceptors (Lipinski definition) is 6. The molecule has 0 unspecified atom stereocenters. The van der Waals surface area contributed by atoms with E-state index in [1.165, 1.54) is 12.1 Å². The number of carbonyl (C=O) groups is 1. The van der Waals surface area contributed by atoms with Gasteiger partial charge < -0.3 is 16.4 Å². The fraction of sp³-hybridized carbons (Fsp3) is 0. The highest BCUT2D eigenvalue weighted by atomic mass is 32.2. The Hall–Kier alpha value is -3.51. The van der Waals surface area contributed by atoms with Crippen molar-refractivity contribution < 1.29 is 18.1 Å². The summed E-state index contributed by atoms with van der Waals surface area (Å²) < 4.78 is 22.6. The molecule has 0 saturated carbocycles. The van der Waals surface area contributed by atoms with Crippen molar-refractivity contribution in [3.05, 3.63) is 58.1 Å². The molecule has 0 aliphatic heterocycles. The van der Waals surface area contributed by atoms with Crippen LogP contribution in [-0.4, -0.2) is 25.2 Å². The van der Waals surface area contributed by atoms with Crippen LogP contribution in [0.25, 0.3) is 0 Å². The number of rotatable bonds is 5. The number of anilines is 2. The Morgan fingerprint density at radius 3 is 2.42 bits per heavy atom. The number of nitrogens with one attached hydrogen (secondary N) is 3. The smallest absolute Gasteiger partial charge is 0.323 e. The third kappa shape index (κ3) is 4.52. The monoisotopic (exact) mass is 378 g/mol. The van der Waals surface area contributed by atoms with Crippen LogP contribution in [0.1, 0.15) is 5.56 Å². The van der Waals surface area contributed by atoms with Crippen molar-refractivity contribution in [3.8, 4) is 0 Å². The van der Waals surface area contributed by atoms with Crippen molar-refractivity contribution in [1.29, 1.82) is 5.41 Å². The van der Waals surface area contributed by atoms with Crippen LogP contribution < -0.4 is 21.5 Å². The number of amidine groups is 1. The number of urea groups is 1. The maximum atomic E-state index is 12.0. The Labute approximate surface area is 147 Å². The summed E-state index contributed by atoms with van der Waals surface area (Å²) >= 11 is 0. The van der Waals surface area contributed by atoms with E-state index in [0.29, 0.717) is 11.3 Å². The lowest BCUT2D eigenvalue weighted by atomic mass is 10.2. The second-order valence-electron chi connectivity index (χ2n) is 5.05. The number of primary sulfonamides is 1. The first-order valence-corrected chi connectivity index (χ1v) is 8.46. The Morgan fingerprint density at radius 1 is 1.15 bits per heavy atom. The minimum atomic E-state index is -4.13. The average Bonchev–Trinajstić information content (AvgIpc) is 2.54. The molecule has 0 fully saturated rings. The summed E-state index contributed by atoms with van der Waals surface area (Å²) in [4.78, 5) is 21.9. The van der Waals surface area contributed by atoms with E-state index in [1.54, 1.807) is 12.1 Å². The molecule has 0 saturated heterocycles.